The second-order valence-electron chi connectivity index (χ2n) is 5.67. The summed E-state index contributed by atoms with van der Waals surface area (Å²) in [5.41, 5.74) is 0.273. The normalized spacial score (nSPS) is 23.3. The third-order valence-electron chi connectivity index (χ3n) is 4.21. The van der Waals surface area contributed by atoms with Crippen molar-refractivity contribution in [3.05, 3.63) is 11.4 Å². The number of hydrogen-bond acceptors (Lipinski definition) is 4. The lowest BCUT2D eigenvalue weighted by Gasteiger charge is -2.34. The zero-order valence-electron chi connectivity index (χ0n) is 12.4. The highest BCUT2D eigenvalue weighted by molar-refractivity contribution is 8.13. The van der Waals surface area contributed by atoms with Gasteiger partial charge in [0, 0.05) is 23.8 Å². The van der Waals surface area contributed by atoms with Crippen molar-refractivity contribution in [2.24, 2.45) is 11.8 Å². The number of aromatic nitrogens is 2. The van der Waals surface area contributed by atoms with Gasteiger partial charge in [0.25, 0.3) is 15.0 Å². The van der Waals surface area contributed by atoms with E-state index in [4.69, 9.17) is 10.7 Å². The molecule has 2 unspecified atom stereocenters. The smallest absolute Gasteiger partial charge is 0.275 e. The minimum absolute atomic E-state index is 0.0939. The van der Waals surface area contributed by atoms with E-state index in [1.54, 1.807) is 11.8 Å². The van der Waals surface area contributed by atoms with E-state index >= 15 is 0 Å². The van der Waals surface area contributed by atoms with Crippen LogP contribution in [0.5, 0.6) is 0 Å². The molecule has 21 heavy (non-hydrogen) atoms. The molecule has 0 radical (unpaired) electrons. The maximum Gasteiger partial charge on any atom is 0.275 e. The molecule has 1 fully saturated rings. The van der Waals surface area contributed by atoms with E-state index < -0.39 is 9.05 Å². The quantitative estimate of drug-likeness (QED) is 0.858. The molecule has 0 aromatic carbocycles. The van der Waals surface area contributed by atoms with Crippen LogP contribution < -0.4 is 0 Å². The molecule has 6 nitrogen and oxygen atoms in total. The van der Waals surface area contributed by atoms with Gasteiger partial charge in [0.1, 0.15) is 4.90 Å². The average Bonchev–Trinajstić information content (AvgIpc) is 2.85. The number of nitrogens with one attached hydrogen (secondary N) is 1. The molecule has 2 atom stereocenters. The molecule has 1 saturated heterocycles. The van der Waals surface area contributed by atoms with Gasteiger partial charge in [-0.1, -0.05) is 20.8 Å². The van der Waals surface area contributed by atoms with Gasteiger partial charge >= 0.3 is 0 Å². The van der Waals surface area contributed by atoms with Gasteiger partial charge in [-0.3, -0.25) is 9.89 Å². The number of hydrogen-bond donors (Lipinski definition) is 1. The summed E-state index contributed by atoms with van der Waals surface area (Å²) in [6, 6.07) is 0. The molecule has 0 spiro atoms. The fourth-order valence-electron chi connectivity index (χ4n) is 2.61. The fraction of sp³-hybridized carbons (Fsp3) is 0.692. The van der Waals surface area contributed by atoms with Crippen LogP contribution in [-0.2, 0) is 15.5 Å². The Morgan fingerprint density at radius 1 is 1.43 bits per heavy atom. The number of aromatic amines is 1. The predicted octanol–water partition coefficient (Wildman–Crippen LogP) is 2.02. The highest BCUT2D eigenvalue weighted by atomic mass is 35.7. The highest BCUT2D eigenvalue weighted by Crippen LogP contribution is 2.27. The van der Waals surface area contributed by atoms with Crippen molar-refractivity contribution in [2.45, 2.75) is 38.5 Å². The SMILES string of the molecule is CCc1[nH]nc(C(=O)N2CCC(C)C(C)C2)c1S(=O)(=O)Cl. The number of carbonyl (C=O) groups is 1. The van der Waals surface area contributed by atoms with E-state index in [1.165, 1.54) is 0 Å². The van der Waals surface area contributed by atoms with Gasteiger partial charge in [-0.2, -0.15) is 5.10 Å². The first kappa shape index (κ1) is 16.3. The number of amides is 1. The summed E-state index contributed by atoms with van der Waals surface area (Å²) < 4.78 is 23.5. The molecule has 1 N–H and O–H groups in total. The number of H-pyrrole nitrogens is 1. The number of nitrogens with zero attached hydrogens (tertiary/aromatic N) is 2. The van der Waals surface area contributed by atoms with Crippen molar-refractivity contribution >= 4 is 25.6 Å². The third-order valence-corrected chi connectivity index (χ3v) is 5.60. The van der Waals surface area contributed by atoms with Crippen LogP contribution in [0.3, 0.4) is 0 Å². The maximum absolute atomic E-state index is 12.6. The molecule has 1 aromatic heterocycles. The van der Waals surface area contributed by atoms with E-state index in [-0.39, 0.29) is 16.5 Å². The van der Waals surface area contributed by atoms with Crippen LogP contribution in [0, 0.1) is 11.8 Å². The third kappa shape index (κ3) is 3.23. The Balaban J connectivity index is 2.34. The van der Waals surface area contributed by atoms with Crippen LogP contribution in [0.1, 0.15) is 43.4 Å². The lowest BCUT2D eigenvalue weighted by molar-refractivity contribution is 0.0617. The Bertz CT molecular complexity index is 641. The molecule has 1 aliphatic rings. The predicted molar refractivity (Wildman–Crippen MR) is 79.9 cm³/mol. The van der Waals surface area contributed by atoms with Crippen molar-refractivity contribution in [3.63, 3.8) is 0 Å². The van der Waals surface area contributed by atoms with Gasteiger partial charge < -0.3 is 4.90 Å². The van der Waals surface area contributed by atoms with Crippen molar-refractivity contribution in [1.82, 2.24) is 15.1 Å². The van der Waals surface area contributed by atoms with Gasteiger partial charge in [0.05, 0.1) is 5.69 Å². The first-order valence-electron chi connectivity index (χ1n) is 7.06. The first-order chi connectivity index (χ1) is 9.75. The molecule has 0 aliphatic carbocycles. The largest absolute Gasteiger partial charge is 0.337 e. The van der Waals surface area contributed by atoms with E-state index in [0.29, 0.717) is 37.0 Å². The molecule has 2 heterocycles. The lowest BCUT2D eigenvalue weighted by Crippen LogP contribution is -2.42. The number of likely N-dealkylation sites (tertiary alicyclic amines) is 1. The number of aryl methyl sites for hydroxylation is 1. The summed E-state index contributed by atoms with van der Waals surface area (Å²) in [5.74, 6) is 0.558. The van der Waals surface area contributed by atoms with E-state index in [1.807, 2.05) is 0 Å². The van der Waals surface area contributed by atoms with Crippen molar-refractivity contribution < 1.29 is 13.2 Å². The second-order valence-corrected chi connectivity index (χ2v) is 8.17. The number of piperidine rings is 1. The molecule has 1 aliphatic heterocycles. The number of carbonyl (C=O) groups excluding carboxylic acids is 1. The summed E-state index contributed by atoms with van der Waals surface area (Å²) in [6.07, 6.45) is 1.32. The van der Waals surface area contributed by atoms with Gasteiger partial charge in [0.2, 0.25) is 0 Å². The zero-order chi connectivity index (χ0) is 15.8. The summed E-state index contributed by atoms with van der Waals surface area (Å²) >= 11 is 0. The van der Waals surface area contributed by atoms with E-state index in [0.717, 1.165) is 6.42 Å². The molecule has 2 rings (SSSR count). The minimum Gasteiger partial charge on any atom is -0.337 e. The van der Waals surface area contributed by atoms with Gasteiger partial charge in [0.15, 0.2) is 5.69 Å². The van der Waals surface area contributed by atoms with E-state index in [2.05, 4.69) is 24.0 Å². The molecule has 0 saturated carbocycles. The molecule has 0 bridgehead atoms. The van der Waals surface area contributed by atoms with Crippen LogP contribution in [0.2, 0.25) is 0 Å². The number of rotatable bonds is 3. The number of halogens is 1. The van der Waals surface area contributed by atoms with E-state index in [9.17, 15) is 13.2 Å². The van der Waals surface area contributed by atoms with Crippen LogP contribution in [0.15, 0.2) is 4.90 Å². The minimum atomic E-state index is -4.01. The van der Waals surface area contributed by atoms with Crippen molar-refractivity contribution in [2.75, 3.05) is 13.1 Å². The zero-order valence-corrected chi connectivity index (χ0v) is 14.0. The highest BCUT2D eigenvalue weighted by Gasteiger charge is 2.33. The molecule has 8 heteroatoms. The summed E-state index contributed by atoms with van der Waals surface area (Å²) in [6.45, 7) is 7.24. The second kappa shape index (κ2) is 5.96. The van der Waals surface area contributed by atoms with Crippen molar-refractivity contribution in [3.8, 4) is 0 Å². The summed E-state index contributed by atoms with van der Waals surface area (Å²) in [7, 11) is 1.46. The fourth-order valence-corrected chi connectivity index (χ4v) is 3.96. The standard InChI is InChI=1S/C13H20ClN3O3S/c1-4-10-12(21(14,19)20)11(16-15-10)13(18)17-6-5-8(2)9(3)7-17/h8-9H,4-7H2,1-3H3,(H,15,16). The molecule has 1 aromatic rings. The molecule has 1 amide bonds. The summed E-state index contributed by atoms with van der Waals surface area (Å²) in [5, 5.41) is 6.50. The van der Waals surface area contributed by atoms with Gasteiger partial charge in [-0.15, -0.1) is 0 Å². The van der Waals surface area contributed by atoms with Crippen LogP contribution in [0.4, 0.5) is 0 Å². The molecular weight excluding hydrogens is 314 g/mol. The Kier molecular flexibility index (Phi) is 4.63. The Labute approximate surface area is 129 Å². The van der Waals surface area contributed by atoms with Crippen LogP contribution >= 0.6 is 10.7 Å². The first-order valence-corrected chi connectivity index (χ1v) is 9.37. The van der Waals surface area contributed by atoms with Crippen LogP contribution in [0.25, 0.3) is 0 Å². The Morgan fingerprint density at radius 2 is 2.10 bits per heavy atom. The summed E-state index contributed by atoms with van der Waals surface area (Å²) in [4.78, 5) is 14.0. The van der Waals surface area contributed by atoms with Crippen molar-refractivity contribution in [1.29, 1.82) is 0 Å². The maximum atomic E-state index is 12.6. The monoisotopic (exact) mass is 333 g/mol. The molecular formula is C13H20ClN3O3S. The molecule has 118 valence electrons. The Hall–Kier alpha value is -1.08. The lowest BCUT2D eigenvalue weighted by atomic mass is 9.88. The Morgan fingerprint density at radius 3 is 2.62 bits per heavy atom. The van der Waals surface area contributed by atoms with Crippen LogP contribution in [-0.4, -0.2) is 42.5 Å². The topological polar surface area (TPSA) is 83.1 Å². The van der Waals surface area contributed by atoms with Gasteiger partial charge in [-0.05, 0) is 24.7 Å². The average molecular weight is 334 g/mol. The van der Waals surface area contributed by atoms with Gasteiger partial charge in [-0.25, -0.2) is 8.42 Å².